The average Bonchev–Trinajstić information content (AvgIpc) is 3.30. The lowest BCUT2D eigenvalue weighted by molar-refractivity contribution is -0.128. The molecule has 0 spiro atoms. The van der Waals surface area contributed by atoms with E-state index < -0.39 is 11.6 Å². The summed E-state index contributed by atoms with van der Waals surface area (Å²) in [5.41, 5.74) is 2.91. The van der Waals surface area contributed by atoms with Crippen molar-refractivity contribution in [3.8, 4) is 11.3 Å². The summed E-state index contributed by atoms with van der Waals surface area (Å²) >= 11 is 0. The van der Waals surface area contributed by atoms with Crippen LogP contribution in [0, 0.1) is 23.4 Å². The Bertz CT molecular complexity index is 1310. The van der Waals surface area contributed by atoms with Gasteiger partial charge in [0.2, 0.25) is 5.91 Å². The quantitative estimate of drug-likeness (QED) is 0.490. The Morgan fingerprint density at radius 2 is 1.91 bits per heavy atom. The number of halogens is 3. The van der Waals surface area contributed by atoms with E-state index in [2.05, 4.69) is 20.5 Å². The molecule has 164 valence electrons. The van der Waals surface area contributed by atoms with Crippen molar-refractivity contribution in [2.75, 3.05) is 0 Å². The Kier molecular flexibility index (Phi) is 4.96. The molecular formula is C23H20F3N5O. The fourth-order valence-electron chi connectivity index (χ4n) is 4.37. The third kappa shape index (κ3) is 3.63. The second-order valence-corrected chi connectivity index (χ2v) is 8.14. The van der Waals surface area contributed by atoms with Crippen molar-refractivity contribution in [3.05, 3.63) is 71.3 Å². The molecule has 1 aliphatic carbocycles. The number of nitrogens with zero attached hydrogens (tertiary/aromatic N) is 3. The number of carbonyl (C=O) groups excluding carboxylic acids is 1. The van der Waals surface area contributed by atoms with Gasteiger partial charge in [0.05, 0.1) is 24.0 Å². The Morgan fingerprint density at radius 3 is 2.59 bits per heavy atom. The molecule has 9 heteroatoms. The van der Waals surface area contributed by atoms with E-state index in [1.54, 1.807) is 25.4 Å². The van der Waals surface area contributed by atoms with E-state index in [4.69, 9.17) is 0 Å². The minimum Gasteiger partial charge on any atom is -0.352 e. The zero-order valence-corrected chi connectivity index (χ0v) is 17.2. The number of fused-ring (bicyclic) bond motifs is 1. The zero-order chi connectivity index (χ0) is 22.4. The number of nitrogens with one attached hydrogen (secondary N) is 2. The predicted octanol–water partition coefficient (Wildman–Crippen LogP) is 4.19. The van der Waals surface area contributed by atoms with Gasteiger partial charge in [0.1, 0.15) is 23.1 Å². The summed E-state index contributed by atoms with van der Waals surface area (Å²) < 4.78 is 41.9. The number of aromatic amines is 1. The van der Waals surface area contributed by atoms with Crippen molar-refractivity contribution in [1.29, 1.82) is 0 Å². The van der Waals surface area contributed by atoms with Gasteiger partial charge in [-0.2, -0.15) is 15.0 Å². The van der Waals surface area contributed by atoms with Crippen LogP contribution in [0.25, 0.3) is 22.2 Å². The highest BCUT2D eigenvalue weighted by Gasteiger charge is 2.38. The Labute approximate surface area is 181 Å². The molecule has 2 N–H and O–H groups in total. The van der Waals surface area contributed by atoms with E-state index in [0.29, 0.717) is 35.2 Å². The minimum atomic E-state index is -0.688. The lowest BCUT2D eigenvalue weighted by atomic mass is 9.70. The Hall–Kier alpha value is -3.62. The van der Waals surface area contributed by atoms with Gasteiger partial charge in [-0.25, -0.2) is 13.2 Å². The number of aryl methyl sites for hydroxylation is 1. The van der Waals surface area contributed by atoms with Crippen molar-refractivity contribution in [2.45, 2.75) is 25.3 Å². The maximum Gasteiger partial charge on any atom is 0.223 e. The molecule has 0 saturated heterocycles. The molecule has 1 aliphatic rings. The molecule has 0 bridgehead atoms. The van der Waals surface area contributed by atoms with E-state index in [1.807, 2.05) is 0 Å². The third-order valence-corrected chi connectivity index (χ3v) is 6.01. The molecule has 0 radical (unpaired) electrons. The van der Waals surface area contributed by atoms with Crippen LogP contribution in [-0.4, -0.2) is 25.9 Å². The molecular weight excluding hydrogens is 419 g/mol. The van der Waals surface area contributed by atoms with Gasteiger partial charge in [0.15, 0.2) is 0 Å². The smallest absolute Gasteiger partial charge is 0.223 e. The minimum absolute atomic E-state index is 0.0581. The maximum absolute atomic E-state index is 14.5. The van der Waals surface area contributed by atoms with Crippen LogP contribution in [-0.2, 0) is 18.4 Å². The van der Waals surface area contributed by atoms with Gasteiger partial charge in [-0.15, -0.1) is 0 Å². The second-order valence-electron chi connectivity index (χ2n) is 8.14. The summed E-state index contributed by atoms with van der Waals surface area (Å²) in [5, 5.41) is 11.4. The van der Waals surface area contributed by atoms with E-state index in [0.717, 1.165) is 11.6 Å². The maximum atomic E-state index is 14.5. The molecule has 1 amide bonds. The van der Waals surface area contributed by atoms with Crippen LogP contribution in [0.3, 0.4) is 0 Å². The number of carbonyl (C=O) groups is 1. The van der Waals surface area contributed by atoms with Crippen molar-refractivity contribution in [3.63, 3.8) is 0 Å². The van der Waals surface area contributed by atoms with Crippen LogP contribution in [0.4, 0.5) is 13.2 Å². The van der Waals surface area contributed by atoms with Crippen molar-refractivity contribution >= 4 is 16.8 Å². The van der Waals surface area contributed by atoms with Crippen LogP contribution >= 0.6 is 0 Å². The molecule has 32 heavy (non-hydrogen) atoms. The predicted molar refractivity (Wildman–Crippen MR) is 112 cm³/mol. The van der Waals surface area contributed by atoms with Gasteiger partial charge in [-0.05, 0) is 60.2 Å². The van der Waals surface area contributed by atoms with Crippen LogP contribution in [0.2, 0.25) is 0 Å². The molecule has 1 saturated carbocycles. The molecule has 1 fully saturated rings. The molecule has 6 nitrogen and oxygen atoms in total. The first-order valence-corrected chi connectivity index (χ1v) is 10.3. The highest BCUT2D eigenvalue weighted by atomic mass is 19.1. The van der Waals surface area contributed by atoms with E-state index in [1.165, 1.54) is 23.0 Å². The standard InChI is InChI=1S/C23H20F3N5O/c1-31-28-11-17(30-31)10-27-23(32)14-6-13(7-14)20-18-8-16(25)9-19(26)22(18)29-21(20)12-2-4-15(24)5-3-12/h2-5,8-9,11,13-14,29H,6-7,10H2,1H3,(H,27,32)/t13-,14-. The van der Waals surface area contributed by atoms with Crippen molar-refractivity contribution in [2.24, 2.45) is 13.0 Å². The van der Waals surface area contributed by atoms with Crippen molar-refractivity contribution in [1.82, 2.24) is 25.3 Å². The first-order valence-electron chi connectivity index (χ1n) is 10.3. The van der Waals surface area contributed by atoms with Gasteiger partial charge in [-0.3, -0.25) is 4.79 Å². The first-order chi connectivity index (χ1) is 15.4. The van der Waals surface area contributed by atoms with E-state index in [-0.39, 0.29) is 35.6 Å². The van der Waals surface area contributed by atoms with E-state index in [9.17, 15) is 18.0 Å². The fraction of sp³-hybridized carbons (Fsp3) is 0.261. The van der Waals surface area contributed by atoms with Gasteiger partial charge in [-0.1, -0.05) is 0 Å². The monoisotopic (exact) mass is 439 g/mol. The lowest BCUT2D eigenvalue weighted by Gasteiger charge is -2.35. The zero-order valence-electron chi connectivity index (χ0n) is 17.2. The first kappa shape index (κ1) is 20.3. The lowest BCUT2D eigenvalue weighted by Crippen LogP contribution is -2.37. The Balaban J connectivity index is 1.40. The molecule has 2 heterocycles. The SMILES string of the molecule is Cn1ncc(CNC(=O)[C@H]2C[C@H](c3c(-c4ccc(F)cc4)[nH]c4c(F)cc(F)cc43)C2)n1. The number of rotatable bonds is 5. The number of H-pyrrole nitrogens is 1. The Morgan fingerprint density at radius 1 is 1.16 bits per heavy atom. The normalized spacial score (nSPS) is 18.0. The van der Waals surface area contributed by atoms with Gasteiger partial charge in [0, 0.05) is 24.4 Å². The summed E-state index contributed by atoms with van der Waals surface area (Å²) in [6, 6.07) is 7.98. The number of aromatic nitrogens is 4. The molecule has 5 rings (SSSR count). The molecule has 0 aliphatic heterocycles. The number of amides is 1. The molecule has 2 aromatic carbocycles. The molecule has 0 unspecified atom stereocenters. The summed E-state index contributed by atoms with van der Waals surface area (Å²) in [5.74, 6) is -2.09. The van der Waals surface area contributed by atoms with Gasteiger partial charge >= 0.3 is 0 Å². The topological polar surface area (TPSA) is 75.6 Å². The molecule has 0 atom stereocenters. The number of benzene rings is 2. The van der Waals surface area contributed by atoms with Gasteiger partial charge in [0.25, 0.3) is 0 Å². The van der Waals surface area contributed by atoms with Crippen LogP contribution in [0.5, 0.6) is 0 Å². The molecule has 2 aromatic heterocycles. The summed E-state index contributed by atoms with van der Waals surface area (Å²) in [6.07, 6.45) is 2.69. The summed E-state index contributed by atoms with van der Waals surface area (Å²) in [4.78, 5) is 17.0. The second kappa shape index (κ2) is 7.81. The van der Waals surface area contributed by atoms with Crippen LogP contribution in [0.15, 0.2) is 42.6 Å². The largest absolute Gasteiger partial charge is 0.352 e. The highest BCUT2D eigenvalue weighted by Crippen LogP contribution is 2.48. The van der Waals surface area contributed by atoms with E-state index >= 15 is 0 Å². The van der Waals surface area contributed by atoms with Crippen LogP contribution in [0.1, 0.15) is 30.0 Å². The van der Waals surface area contributed by atoms with Gasteiger partial charge < -0.3 is 10.3 Å². The van der Waals surface area contributed by atoms with Crippen molar-refractivity contribution < 1.29 is 18.0 Å². The summed E-state index contributed by atoms with van der Waals surface area (Å²) in [6.45, 7) is 0.290. The third-order valence-electron chi connectivity index (χ3n) is 6.01. The molecule has 4 aromatic rings. The van der Waals surface area contributed by atoms with Crippen LogP contribution < -0.4 is 5.32 Å². The fourth-order valence-corrected chi connectivity index (χ4v) is 4.37. The highest BCUT2D eigenvalue weighted by molar-refractivity contribution is 5.92. The average molecular weight is 439 g/mol. The number of hydrogen-bond donors (Lipinski definition) is 2. The number of hydrogen-bond acceptors (Lipinski definition) is 3. The summed E-state index contributed by atoms with van der Waals surface area (Å²) in [7, 11) is 1.70.